The van der Waals surface area contributed by atoms with Crippen molar-refractivity contribution < 1.29 is 90.6 Å². The summed E-state index contributed by atoms with van der Waals surface area (Å²) in [6.07, 6.45) is -12.2. The number of hydrogen-bond acceptors (Lipinski definition) is 15. The molecule has 262 valence electrons. The molecule has 0 aliphatic heterocycles. The van der Waals surface area contributed by atoms with Crippen LogP contribution in [0.25, 0.3) is 0 Å². The van der Waals surface area contributed by atoms with E-state index in [1.54, 1.807) is 0 Å². The van der Waals surface area contributed by atoms with Gasteiger partial charge >= 0.3 is 35.4 Å². The average Bonchev–Trinajstić information content (AvgIpc) is 2.88. The first-order valence-electron chi connectivity index (χ1n) is 13.3. The lowest BCUT2D eigenvalue weighted by Crippen LogP contribution is -2.65. The summed E-state index contributed by atoms with van der Waals surface area (Å²) >= 11 is 0. The maximum atomic E-state index is 12.7. The van der Waals surface area contributed by atoms with Crippen molar-refractivity contribution in [1.29, 1.82) is 0 Å². The standard InChI is InChI=1S/C21H41O19P3.H3N/c1-3-5-7-9-14(22)35-11-13(37-15(23)10-8-6-4-2)12-36-43(33,34)40-21-17(25)19(38-41(27,28)29)16(24)20(18(21)26)39-42(30,31)32;/h13,16-21,24-26H,3-12H2,1-2H3,(H,33,34)(H2,27,28,29)(H2,30,31,32);1H3/t13-,16?,17-,18-,19-,20+,21?;/m1./s1. The van der Waals surface area contributed by atoms with Crippen molar-refractivity contribution in [3.05, 3.63) is 0 Å². The number of carbonyl (C=O) groups excluding carboxylic acids is 2. The number of ether oxygens (including phenoxy) is 2. The van der Waals surface area contributed by atoms with E-state index in [1.807, 2.05) is 13.8 Å². The van der Waals surface area contributed by atoms with Gasteiger partial charge < -0.3 is 55.4 Å². The van der Waals surface area contributed by atoms with Crippen molar-refractivity contribution in [1.82, 2.24) is 6.15 Å². The van der Waals surface area contributed by atoms with Gasteiger partial charge in [0, 0.05) is 12.8 Å². The first kappa shape index (κ1) is 43.1. The quantitative estimate of drug-likeness (QED) is 0.0467. The molecule has 0 aromatic heterocycles. The van der Waals surface area contributed by atoms with E-state index >= 15 is 0 Å². The molecule has 23 heteroatoms. The molecule has 8 atom stereocenters. The Labute approximate surface area is 253 Å². The van der Waals surface area contributed by atoms with Gasteiger partial charge in [-0.25, -0.2) is 13.7 Å². The largest absolute Gasteiger partial charge is 0.472 e. The summed E-state index contributed by atoms with van der Waals surface area (Å²) in [4.78, 5) is 70.9. The number of rotatable bonds is 20. The minimum absolute atomic E-state index is 0. The van der Waals surface area contributed by atoms with E-state index in [4.69, 9.17) is 38.1 Å². The van der Waals surface area contributed by atoms with Gasteiger partial charge in [0.1, 0.15) is 43.2 Å². The number of phosphoric ester groups is 3. The highest BCUT2D eigenvalue weighted by Crippen LogP contribution is 2.50. The molecule has 0 heterocycles. The number of carbonyl (C=O) groups is 2. The number of aliphatic hydroxyl groups is 3. The summed E-state index contributed by atoms with van der Waals surface area (Å²) in [5.74, 6) is -1.37. The van der Waals surface area contributed by atoms with Gasteiger partial charge in [0.15, 0.2) is 6.10 Å². The summed E-state index contributed by atoms with van der Waals surface area (Å²) in [6.45, 7) is 2.32. The highest BCUT2D eigenvalue weighted by Gasteiger charge is 2.56. The third-order valence-electron chi connectivity index (χ3n) is 5.91. The van der Waals surface area contributed by atoms with E-state index in [0.29, 0.717) is 19.3 Å². The molecule has 0 amide bonds. The Balaban J connectivity index is 0.0000185. The maximum absolute atomic E-state index is 12.7. The van der Waals surface area contributed by atoms with Crippen molar-refractivity contribution in [3.8, 4) is 0 Å². The fourth-order valence-corrected chi connectivity index (χ4v) is 5.98. The number of hydrogen-bond donors (Lipinski definition) is 9. The summed E-state index contributed by atoms with van der Waals surface area (Å²) in [5, 5.41) is 31.2. The van der Waals surface area contributed by atoms with Crippen molar-refractivity contribution in [3.63, 3.8) is 0 Å². The zero-order valence-electron chi connectivity index (χ0n) is 24.2. The molecule has 11 N–H and O–H groups in total. The second-order valence-electron chi connectivity index (χ2n) is 9.64. The van der Waals surface area contributed by atoms with Crippen LogP contribution in [0.4, 0.5) is 0 Å². The van der Waals surface area contributed by atoms with Crippen LogP contribution in [0.5, 0.6) is 0 Å². The molecule has 0 spiro atoms. The smallest absolute Gasteiger partial charge is 0.462 e. The molecule has 1 saturated carbocycles. The molecule has 0 aromatic carbocycles. The van der Waals surface area contributed by atoms with Crippen LogP contribution in [0.3, 0.4) is 0 Å². The fraction of sp³-hybridized carbons (Fsp3) is 0.905. The van der Waals surface area contributed by atoms with Gasteiger partial charge in [-0.1, -0.05) is 39.5 Å². The van der Waals surface area contributed by atoms with Crippen LogP contribution in [0, 0.1) is 0 Å². The van der Waals surface area contributed by atoms with Crippen molar-refractivity contribution in [2.45, 2.75) is 108 Å². The summed E-state index contributed by atoms with van der Waals surface area (Å²) < 4.78 is 63.7. The number of esters is 2. The normalized spacial score (nSPS) is 26.2. The van der Waals surface area contributed by atoms with Crippen LogP contribution in [-0.2, 0) is 50.9 Å². The molecule has 0 radical (unpaired) electrons. The van der Waals surface area contributed by atoms with Gasteiger partial charge in [-0.05, 0) is 12.8 Å². The predicted molar refractivity (Wildman–Crippen MR) is 147 cm³/mol. The summed E-state index contributed by atoms with van der Waals surface area (Å²) in [5.41, 5.74) is 0. The maximum Gasteiger partial charge on any atom is 0.472 e. The SMILES string of the molecule is CCCCCC(=O)OC[C@H](COP(=O)(O)OC1[C@H](O)[C@H](OP(=O)(O)O)C(O)[C@H](OP(=O)(O)O)[C@H]1O)OC(=O)CCCCC.N. The van der Waals surface area contributed by atoms with Crippen LogP contribution >= 0.6 is 23.5 Å². The lowest BCUT2D eigenvalue weighted by molar-refractivity contribution is -0.213. The molecule has 0 aromatic rings. The summed E-state index contributed by atoms with van der Waals surface area (Å²) in [7, 11) is -16.5. The van der Waals surface area contributed by atoms with E-state index < -0.39 is 91.3 Å². The summed E-state index contributed by atoms with van der Waals surface area (Å²) in [6, 6.07) is 0. The van der Waals surface area contributed by atoms with Gasteiger partial charge in [-0.2, -0.15) is 0 Å². The lowest BCUT2D eigenvalue weighted by atomic mass is 9.85. The highest BCUT2D eigenvalue weighted by atomic mass is 31.2. The van der Waals surface area contributed by atoms with E-state index in [2.05, 4.69) is 9.05 Å². The number of unbranched alkanes of at least 4 members (excludes halogenated alkanes) is 4. The minimum atomic E-state index is -5.52. The van der Waals surface area contributed by atoms with Gasteiger partial charge in [0.25, 0.3) is 0 Å². The fourth-order valence-electron chi connectivity index (χ4n) is 3.88. The average molecular weight is 707 g/mol. The van der Waals surface area contributed by atoms with Gasteiger partial charge in [0.2, 0.25) is 0 Å². The van der Waals surface area contributed by atoms with Gasteiger partial charge in [-0.3, -0.25) is 27.7 Å². The topological polar surface area (TPSA) is 338 Å². The molecule has 44 heavy (non-hydrogen) atoms. The second kappa shape index (κ2) is 19.7. The van der Waals surface area contributed by atoms with E-state index in [9.17, 15) is 43.5 Å². The number of phosphoric acid groups is 3. The van der Waals surface area contributed by atoms with Crippen LogP contribution in [0.2, 0.25) is 0 Å². The first-order valence-corrected chi connectivity index (χ1v) is 17.9. The van der Waals surface area contributed by atoms with Gasteiger partial charge in [0.05, 0.1) is 6.61 Å². The monoisotopic (exact) mass is 707 g/mol. The molecular formula is C21H44NO19P3. The highest BCUT2D eigenvalue weighted by molar-refractivity contribution is 7.47. The van der Waals surface area contributed by atoms with E-state index in [-0.39, 0.29) is 19.0 Å². The molecule has 1 fully saturated rings. The molecule has 1 rings (SSSR count). The molecule has 0 saturated heterocycles. The third-order valence-corrected chi connectivity index (χ3v) is 7.93. The zero-order chi connectivity index (χ0) is 33.0. The van der Waals surface area contributed by atoms with Gasteiger partial charge in [-0.15, -0.1) is 0 Å². The Morgan fingerprint density at radius 1 is 0.659 bits per heavy atom. The second-order valence-corrected chi connectivity index (χ2v) is 13.4. The molecular weight excluding hydrogens is 663 g/mol. The van der Waals surface area contributed by atoms with E-state index in [1.165, 1.54) is 0 Å². The Kier molecular flexibility index (Phi) is 19.3. The van der Waals surface area contributed by atoms with E-state index in [0.717, 1.165) is 19.3 Å². The Morgan fingerprint density at radius 2 is 1.07 bits per heavy atom. The Hall–Kier alpha value is -0.890. The van der Waals surface area contributed by atoms with Crippen molar-refractivity contribution in [2.24, 2.45) is 0 Å². The zero-order valence-corrected chi connectivity index (χ0v) is 26.9. The number of aliphatic hydroxyl groups excluding tert-OH is 3. The van der Waals surface area contributed by atoms with Crippen LogP contribution in [-0.4, -0.2) is 108 Å². The first-order chi connectivity index (χ1) is 19.8. The van der Waals surface area contributed by atoms with Crippen LogP contribution in [0.15, 0.2) is 0 Å². The Bertz CT molecular complexity index is 983. The van der Waals surface area contributed by atoms with Crippen molar-refractivity contribution in [2.75, 3.05) is 13.2 Å². The van der Waals surface area contributed by atoms with Crippen molar-refractivity contribution >= 4 is 35.4 Å². The molecule has 1 aliphatic rings. The predicted octanol–water partition coefficient (Wildman–Crippen LogP) is 0.318. The van der Waals surface area contributed by atoms with Crippen LogP contribution < -0.4 is 6.15 Å². The molecule has 20 nitrogen and oxygen atoms in total. The molecule has 3 unspecified atom stereocenters. The minimum Gasteiger partial charge on any atom is -0.462 e. The third kappa shape index (κ3) is 16.6. The lowest BCUT2D eigenvalue weighted by Gasteiger charge is -2.44. The Morgan fingerprint density at radius 3 is 1.48 bits per heavy atom. The molecule has 1 aliphatic carbocycles. The molecule has 0 bridgehead atoms. The van der Waals surface area contributed by atoms with Crippen LogP contribution in [0.1, 0.15) is 65.2 Å².